The number of guanidine groups is 1. The first kappa shape index (κ1) is 20.4. The molecule has 3 fully saturated rings. The van der Waals surface area contributed by atoms with E-state index in [0.717, 1.165) is 25.5 Å². The van der Waals surface area contributed by atoms with Gasteiger partial charge in [-0.25, -0.2) is 0 Å². The molecule has 2 heterocycles. The van der Waals surface area contributed by atoms with Crippen LogP contribution >= 0.6 is 0 Å². The van der Waals surface area contributed by atoms with Crippen molar-refractivity contribution in [3.8, 4) is 0 Å². The summed E-state index contributed by atoms with van der Waals surface area (Å²) in [6.45, 7) is 7.60. The third-order valence-corrected chi connectivity index (χ3v) is 7.05. The maximum absolute atomic E-state index is 12.7. The molecule has 4 aliphatic rings. The normalized spacial score (nSPS) is 32.8. The molecule has 0 aromatic heterocycles. The molecule has 2 bridgehead atoms. The number of fused-ring (bicyclic) bond motifs is 5. The number of allylic oxidation sites excluding steroid dienone is 2. The third-order valence-electron chi connectivity index (χ3n) is 7.05. The molecular formula is C22H35N5O2. The number of likely N-dealkylation sites (tertiary alicyclic amines) is 2. The second-order valence-corrected chi connectivity index (χ2v) is 9.17. The Morgan fingerprint density at radius 2 is 1.76 bits per heavy atom. The number of aliphatic imine (C=N–C) groups is 1. The number of hydrogen-bond donors (Lipinski definition) is 2. The van der Waals surface area contributed by atoms with Gasteiger partial charge in [0.15, 0.2) is 5.96 Å². The highest BCUT2D eigenvalue weighted by Crippen LogP contribution is 2.52. The number of carbonyl (C=O) groups is 2. The molecule has 29 heavy (non-hydrogen) atoms. The fourth-order valence-electron chi connectivity index (χ4n) is 5.61. The number of imide groups is 1. The fourth-order valence-corrected chi connectivity index (χ4v) is 5.61. The van der Waals surface area contributed by atoms with Crippen molar-refractivity contribution in [2.24, 2.45) is 34.6 Å². The third kappa shape index (κ3) is 4.20. The highest BCUT2D eigenvalue weighted by atomic mass is 16.2. The number of piperidine rings is 1. The molecule has 2 saturated heterocycles. The van der Waals surface area contributed by atoms with Crippen LogP contribution < -0.4 is 10.6 Å². The second kappa shape index (κ2) is 8.86. The summed E-state index contributed by atoms with van der Waals surface area (Å²) in [6.07, 6.45) is 9.24. The van der Waals surface area contributed by atoms with E-state index in [2.05, 4.69) is 39.6 Å². The lowest BCUT2D eigenvalue weighted by Crippen LogP contribution is -2.45. The van der Waals surface area contributed by atoms with Crippen LogP contribution in [0, 0.1) is 29.6 Å². The van der Waals surface area contributed by atoms with E-state index in [-0.39, 0.29) is 35.5 Å². The van der Waals surface area contributed by atoms with Crippen LogP contribution in [0.2, 0.25) is 0 Å². The zero-order chi connectivity index (χ0) is 20.4. The zero-order valence-corrected chi connectivity index (χ0v) is 17.8. The highest BCUT2D eigenvalue weighted by Gasteiger charge is 2.58. The van der Waals surface area contributed by atoms with Crippen LogP contribution in [0.1, 0.15) is 32.6 Å². The van der Waals surface area contributed by atoms with Crippen molar-refractivity contribution in [2.75, 3.05) is 46.3 Å². The minimum atomic E-state index is -0.106. The molecule has 0 radical (unpaired) electrons. The van der Waals surface area contributed by atoms with Crippen LogP contribution in [0.15, 0.2) is 17.1 Å². The van der Waals surface area contributed by atoms with Crippen LogP contribution in [0.4, 0.5) is 0 Å². The number of nitrogens with one attached hydrogen (secondary N) is 2. The van der Waals surface area contributed by atoms with E-state index >= 15 is 0 Å². The SMILES string of the molecule is CN=C(NCCN1C(=O)C2C3C=CC(C3)C2C1=O)NCC(C)CN1CCCCC1. The van der Waals surface area contributed by atoms with Crippen LogP contribution in [0.25, 0.3) is 0 Å². The Balaban J connectivity index is 1.18. The van der Waals surface area contributed by atoms with Gasteiger partial charge in [0.05, 0.1) is 11.8 Å². The summed E-state index contributed by atoms with van der Waals surface area (Å²) >= 11 is 0. The van der Waals surface area contributed by atoms with Gasteiger partial charge in [0, 0.05) is 33.2 Å². The lowest BCUT2D eigenvalue weighted by Gasteiger charge is -2.29. The lowest BCUT2D eigenvalue weighted by atomic mass is 9.85. The monoisotopic (exact) mass is 401 g/mol. The van der Waals surface area contributed by atoms with E-state index in [1.165, 1.54) is 37.3 Å². The lowest BCUT2D eigenvalue weighted by molar-refractivity contribution is -0.140. The van der Waals surface area contributed by atoms with Gasteiger partial charge in [-0.15, -0.1) is 0 Å². The predicted octanol–water partition coefficient (Wildman–Crippen LogP) is 1.08. The standard InChI is InChI=1S/C22H35N5O2/c1-15(14-26-9-4-3-5-10-26)13-25-22(23-2)24-8-11-27-20(28)18-16-6-7-17(12-16)19(18)21(27)29/h6-7,15-19H,3-5,8-14H2,1-2H3,(H2,23,24,25). The maximum Gasteiger partial charge on any atom is 0.233 e. The molecule has 1 saturated carbocycles. The first-order valence-corrected chi connectivity index (χ1v) is 11.3. The zero-order valence-electron chi connectivity index (χ0n) is 17.8. The summed E-state index contributed by atoms with van der Waals surface area (Å²) in [5, 5.41) is 6.65. The molecular weight excluding hydrogens is 366 g/mol. The molecule has 2 amide bonds. The smallest absolute Gasteiger partial charge is 0.233 e. The van der Waals surface area contributed by atoms with Gasteiger partial charge < -0.3 is 15.5 Å². The Morgan fingerprint density at radius 3 is 2.38 bits per heavy atom. The van der Waals surface area contributed by atoms with Gasteiger partial charge >= 0.3 is 0 Å². The molecule has 7 nitrogen and oxygen atoms in total. The van der Waals surface area contributed by atoms with E-state index in [9.17, 15) is 9.59 Å². The molecule has 7 heteroatoms. The molecule has 160 valence electrons. The fraction of sp³-hybridized carbons (Fsp3) is 0.773. The Kier molecular flexibility index (Phi) is 6.23. The van der Waals surface area contributed by atoms with Crippen LogP contribution in [0.5, 0.6) is 0 Å². The minimum Gasteiger partial charge on any atom is -0.356 e. The van der Waals surface area contributed by atoms with Gasteiger partial charge in [0.2, 0.25) is 11.8 Å². The summed E-state index contributed by atoms with van der Waals surface area (Å²) in [4.78, 5) is 33.8. The van der Waals surface area contributed by atoms with Crippen LogP contribution in [0.3, 0.4) is 0 Å². The van der Waals surface area contributed by atoms with Crippen LogP contribution in [-0.2, 0) is 9.59 Å². The number of amides is 2. The molecule has 5 atom stereocenters. The van der Waals surface area contributed by atoms with Crippen molar-refractivity contribution in [3.05, 3.63) is 12.2 Å². The molecule has 2 aliphatic carbocycles. The van der Waals surface area contributed by atoms with Gasteiger partial charge in [0.1, 0.15) is 0 Å². The van der Waals surface area contributed by atoms with Crippen molar-refractivity contribution in [1.82, 2.24) is 20.4 Å². The van der Waals surface area contributed by atoms with Crippen molar-refractivity contribution in [3.63, 3.8) is 0 Å². The van der Waals surface area contributed by atoms with E-state index in [4.69, 9.17) is 0 Å². The number of hydrogen-bond acceptors (Lipinski definition) is 4. The van der Waals surface area contributed by atoms with Gasteiger partial charge in [-0.2, -0.15) is 0 Å². The topological polar surface area (TPSA) is 77.0 Å². The molecule has 4 rings (SSSR count). The second-order valence-electron chi connectivity index (χ2n) is 9.17. The Bertz CT molecular complexity index is 655. The van der Waals surface area contributed by atoms with Gasteiger partial charge in [0.25, 0.3) is 0 Å². The van der Waals surface area contributed by atoms with Gasteiger partial charge in [-0.1, -0.05) is 25.5 Å². The molecule has 0 spiro atoms. The summed E-state index contributed by atoms with van der Waals surface area (Å²) in [5.74, 6) is 1.65. The van der Waals surface area contributed by atoms with E-state index in [1.807, 2.05) is 0 Å². The largest absolute Gasteiger partial charge is 0.356 e. The molecule has 2 aliphatic heterocycles. The average Bonchev–Trinajstić information content (AvgIpc) is 3.40. The molecule has 2 N–H and O–H groups in total. The summed E-state index contributed by atoms with van der Waals surface area (Å²) in [7, 11) is 1.75. The number of rotatable bonds is 7. The Hall–Kier alpha value is -1.89. The molecule has 5 unspecified atom stereocenters. The van der Waals surface area contributed by atoms with Gasteiger partial charge in [-0.05, 0) is 50.1 Å². The van der Waals surface area contributed by atoms with Crippen molar-refractivity contribution in [2.45, 2.75) is 32.6 Å². The Labute approximate surface area is 174 Å². The summed E-state index contributed by atoms with van der Waals surface area (Å²) in [6, 6.07) is 0. The van der Waals surface area contributed by atoms with Crippen molar-refractivity contribution >= 4 is 17.8 Å². The highest BCUT2D eigenvalue weighted by molar-refractivity contribution is 6.06. The summed E-state index contributed by atoms with van der Waals surface area (Å²) in [5.41, 5.74) is 0. The minimum absolute atomic E-state index is 0.0248. The average molecular weight is 402 g/mol. The molecule has 0 aromatic carbocycles. The first-order chi connectivity index (χ1) is 14.1. The summed E-state index contributed by atoms with van der Waals surface area (Å²) < 4.78 is 0. The van der Waals surface area contributed by atoms with Crippen molar-refractivity contribution < 1.29 is 9.59 Å². The predicted molar refractivity (Wildman–Crippen MR) is 113 cm³/mol. The van der Waals surface area contributed by atoms with E-state index in [1.54, 1.807) is 7.05 Å². The van der Waals surface area contributed by atoms with E-state index in [0.29, 0.717) is 19.0 Å². The first-order valence-electron chi connectivity index (χ1n) is 11.3. The number of carbonyl (C=O) groups excluding carboxylic acids is 2. The molecule has 0 aromatic rings. The Morgan fingerprint density at radius 1 is 1.10 bits per heavy atom. The quantitative estimate of drug-likeness (QED) is 0.289. The van der Waals surface area contributed by atoms with Gasteiger partial charge in [-0.3, -0.25) is 19.5 Å². The maximum atomic E-state index is 12.7. The number of nitrogens with zero attached hydrogens (tertiary/aromatic N) is 3. The van der Waals surface area contributed by atoms with E-state index < -0.39 is 0 Å². The van der Waals surface area contributed by atoms with Crippen molar-refractivity contribution in [1.29, 1.82) is 0 Å². The van der Waals surface area contributed by atoms with Crippen LogP contribution in [-0.4, -0.2) is 73.9 Å².